The molecule has 0 fully saturated rings. The number of hydrogen-bond donors (Lipinski definition) is 0. The Kier molecular flexibility index (Phi) is 2.93. The fraction of sp³-hybridized carbons (Fsp3) is 0.200. The summed E-state index contributed by atoms with van der Waals surface area (Å²) < 4.78 is 0. The third-order valence-corrected chi connectivity index (χ3v) is 5.54. The van der Waals surface area contributed by atoms with Crippen LogP contribution in [0.2, 0.25) is 0 Å². The van der Waals surface area contributed by atoms with Crippen molar-refractivity contribution < 1.29 is 0 Å². The third-order valence-electron chi connectivity index (χ3n) is 2.91. The van der Waals surface area contributed by atoms with Crippen molar-refractivity contribution in [2.75, 3.05) is 0 Å². The molecule has 0 saturated carbocycles. The minimum absolute atomic E-state index is 0.586. The molecule has 1 heterocycles. The number of hydrogen-bond acceptors (Lipinski definition) is 2. The van der Waals surface area contributed by atoms with E-state index < -0.39 is 0 Å². The Morgan fingerprint density at radius 1 is 0.765 bits per heavy atom. The predicted molar refractivity (Wildman–Crippen MR) is 75.2 cm³/mol. The van der Waals surface area contributed by atoms with E-state index in [0.717, 1.165) is 0 Å². The molecule has 0 nitrogen and oxygen atoms in total. The molecule has 0 N–H and O–H groups in total. The lowest BCUT2D eigenvalue weighted by Crippen LogP contribution is -1.96. The molecule has 2 heteroatoms. The van der Waals surface area contributed by atoms with Gasteiger partial charge in [-0.05, 0) is 29.7 Å². The molecule has 86 valence electrons. The Hall–Kier alpha value is -0.860. The fourth-order valence-corrected chi connectivity index (χ4v) is 4.56. The standard InChI is InChI=1S/C15H14S2/c1-10(2)11-6-5-9-14-15(11)17-13-8-4-3-7-12(13)16-14/h3-10H,1-2H3. The molecule has 3 rings (SSSR count). The van der Waals surface area contributed by atoms with Crippen LogP contribution in [0.15, 0.2) is 62.0 Å². The first-order valence-electron chi connectivity index (χ1n) is 5.83. The van der Waals surface area contributed by atoms with Crippen LogP contribution in [0.4, 0.5) is 0 Å². The van der Waals surface area contributed by atoms with Gasteiger partial charge in [0.2, 0.25) is 0 Å². The molecule has 17 heavy (non-hydrogen) atoms. The molecule has 0 radical (unpaired) electrons. The third kappa shape index (κ3) is 2.00. The molecular weight excluding hydrogens is 244 g/mol. The Balaban J connectivity index is 2.12. The van der Waals surface area contributed by atoms with Crippen molar-refractivity contribution in [2.45, 2.75) is 39.3 Å². The highest BCUT2D eigenvalue weighted by molar-refractivity contribution is 8.05. The summed E-state index contributed by atoms with van der Waals surface area (Å²) in [5, 5.41) is 0. The van der Waals surface area contributed by atoms with E-state index in [-0.39, 0.29) is 0 Å². The predicted octanol–water partition coefficient (Wildman–Crippen LogP) is 5.43. The van der Waals surface area contributed by atoms with Gasteiger partial charge in [0.15, 0.2) is 0 Å². The summed E-state index contributed by atoms with van der Waals surface area (Å²) in [5.41, 5.74) is 1.47. The second-order valence-corrected chi connectivity index (χ2v) is 6.62. The summed E-state index contributed by atoms with van der Waals surface area (Å²) >= 11 is 3.81. The summed E-state index contributed by atoms with van der Waals surface area (Å²) in [6, 6.07) is 15.3. The lowest BCUT2D eigenvalue weighted by atomic mass is 10.0. The molecule has 0 amide bonds. The van der Waals surface area contributed by atoms with Gasteiger partial charge in [-0.25, -0.2) is 0 Å². The maximum atomic E-state index is 2.27. The smallest absolute Gasteiger partial charge is 0.0297 e. The maximum absolute atomic E-state index is 2.27. The van der Waals surface area contributed by atoms with Crippen LogP contribution >= 0.6 is 23.5 Å². The van der Waals surface area contributed by atoms with Gasteiger partial charge in [0, 0.05) is 19.6 Å². The number of benzene rings is 2. The highest BCUT2D eigenvalue weighted by atomic mass is 32.2. The van der Waals surface area contributed by atoms with Crippen LogP contribution in [0.5, 0.6) is 0 Å². The van der Waals surface area contributed by atoms with Gasteiger partial charge < -0.3 is 0 Å². The Bertz CT molecular complexity index is 559. The molecule has 0 spiro atoms. The zero-order valence-corrected chi connectivity index (χ0v) is 11.6. The van der Waals surface area contributed by atoms with Gasteiger partial charge in [-0.1, -0.05) is 61.6 Å². The van der Waals surface area contributed by atoms with E-state index in [9.17, 15) is 0 Å². The van der Waals surface area contributed by atoms with E-state index in [0.29, 0.717) is 5.92 Å². The van der Waals surface area contributed by atoms with Crippen molar-refractivity contribution in [3.8, 4) is 0 Å². The molecular formula is C15H14S2. The summed E-state index contributed by atoms with van der Waals surface area (Å²) in [6.07, 6.45) is 0. The van der Waals surface area contributed by atoms with Crippen molar-refractivity contribution in [1.82, 2.24) is 0 Å². The zero-order valence-electron chi connectivity index (χ0n) is 9.94. The molecule has 2 aromatic rings. The lowest BCUT2D eigenvalue weighted by Gasteiger charge is -2.22. The van der Waals surface area contributed by atoms with Crippen LogP contribution in [0.25, 0.3) is 0 Å². The van der Waals surface area contributed by atoms with Gasteiger partial charge in [-0.3, -0.25) is 0 Å². The molecule has 1 aliphatic heterocycles. The SMILES string of the molecule is CC(C)c1cccc2c1Sc1ccccc1S2. The fourth-order valence-electron chi connectivity index (χ4n) is 2.02. The summed E-state index contributed by atoms with van der Waals surface area (Å²) in [5.74, 6) is 0.586. The summed E-state index contributed by atoms with van der Waals surface area (Å²) in [4.78, 5) is 5.62. The lowest BCUT2D eigenvalue weighted by molar-refractivity contribution is 0.828. The Labute approximate surface area is 111 Å². The second-order valence-electron chi connectivity index (χ2n) is 4.48. The van der Waals surface area contributed by atoms with Gasteiger partial charge >= 0.3 is 0 Å². The van der Waals surface area contributed by atoms with Crippen LogP contribution < -0.4 is 0 Å². The van der Waals surface area contributed by atoms with E-state index in [2.05, 4.69) is 56.3 Å². The van der Waals surface area contributed by atoms with Gasteiger partial charge in [0.1, 0.15) is 0 Å². The van der Waals surface area contributed by atoms with Gasteiger partial charge in [0.05, 0.1) is 0 Å². The molecule has 0 aliphatic carbocycles. The quantitative estimate of drug-likeness (QED) is 0.571. The van der Waals surface area contributed by atoms with E-state index in [1.165, 1.54) is 25.1 Å². The monoisotopic (exact) mass is 258 g/mol. The first-order valence-corrected chi connectivity index (χ1v) is 7.46. The first-order chi connectivity index (χ1) is 8.25. The molecule has 0 saturated heterocycles. The van der Waals surface area contributed by atoms with Crippen molar-refractivity contribution in [3.05, 3.63) is 48.0 Å². The van der Waals surface area contributed by atoms with Crippen molar-refractivity contribution in [1.29, 1.82) is 0 Å². The minimum Gasteiger partial charge on any atom is -0.0877 e. The van der Waals surface area contributed by atoms with E-state index in [1.807, 2.05) is 23.5 Å². The van der Waals surface area contributed by atoms with E-state index >= 15 is 0 Å². The number of rotatable bonds is 1. The Morgan fingerprint density at radius 3 is 2.12 bits per heavy atom. The van der Waals surface area contributed by atoms with Gasteiger partial charge in [-0.15, -0.1) is 0 Å². The average Bonchev–Trinajstić information content (AvgIpc) is 2.35. The van der Waals surface area contributed by atoms with Gasteiger partial charge in [0.25, 0.3) is 0 Å². The van der Waals surface area contributed by atoms with Crippen LogP contribution in [0.1, 0.15) is 25.3 Å². The highest BCUT2D eigenvalue weighted by Crippen LogP contribution is 2.50. The van der Waals surface area contributed by atoms with E-state index in [1.54, 1.807) is 0 Å². The zero-order chi connectivity index (χ0) is 11.8. The first kappa shape index (κ1) is 11.2. The van der Waals surface area contributed by atoms with Crippen molar-refractivity contribution >= 4 is 23.5 Å². The normalized spacial score (nSPS) is 13.4. The highest BCUT2D eigenvalue weighted by Gasteiger charge is 2.19. The second kappa shape index (κ2) is 4.43. The molecule has 1 aliphatic rings. The summed E-state index contributed by atoms with van der Waals surface area (Å²) in [7, 11) is 0. The number of fused-ring (bicyclic) bond motifs is 2. The van der Waals surface area contributed by atoms with Crippen LogP contribution in [0.3, 0.4) is 0 Å². The molecule has 0 aromatic heterocycles. The van der Waals surface area contributed by atoms with Crippen LogP contribution in [0, 0.1) is 0 Å². The van der Waals surface area contributed by atoms with Crippen molar-refractivity contribution in [2.24, 2.45) is 0 Å². The van der Waals surface area contributed by atoms with Gasteiger partial charge in [-0.2, -0.15) is 0 Å². The minimum atomic E-state index is 0.586. The van der Waals surface area contributed by atoms with Crippen molar-refractivity contribution in [3.63, 3.8) is 0 Å². The topological polar surface area (TPSA) is 0 Å². The van der Waals surface area contributed by atoms with Crippen LogP contribution in [-0.2, 0) is 0 Å². The van der Waals surface area contributed by atoms with Crippen LogP contribution in [-0.4, -0.2) is 0 Å². The summed E-state index contributed by atoms with van der Waals surface area (Å²) in [6.45, 7) is 4.53. The molecule has 0 unspecified atom stereocenters. The molecule has 0 bridgehead atoms. The van der Waals surface area contributed by atoms with E-state index in [4.69, 9.17) is 0 Å². The average molecular weight is 258 g/mol. The Morgan fingerprint density at radius 2 is 1.41 bits per heavy atom. The largest absolute Gasteiger partial charge is 0.0877 e. The molecule has 0 atom stereocenters. The molecule has 2 aromatic carbocycles. The maximum Gasteiger partial charge on any atom is 0.0297 e.